The van der Waals surface area contributed by atoms with Gasteiger partial charge in [-0.2, -0.15) is 0 Å². The zero-order valence-electron chi connectivity index (χ0n) is 19.0. The Balaban J connectivity index is 0.000000343. The predicted molar refractivity (Wildman–Crippen MR) is 129 cm³/mol. The lowest BCUT2D eigenvalue weighted by molar-refractivity contribution is 0.0925. The Hall–Kier alpha value is -3.98. The van der Waals surface area contributed by atoms with Gasteiger partial charge in [0.25, 0.3) is 11.8 Å². The first-order chi connectivity index (χ1) is 16.2. The van der Waals surface area contributed by atoms with Crippen molar-refractivity contribution in [1.29, 1.82) is 0 Å². The monoisotopic (exact) mass is 467 g/mol. The van der Waals surface area contributed by atoms with Gasteiger partial charge >= 0.3 is 0 Å². The number of halogens is 2. The minimum absolute atomic E-state index is 0.251. The molecule has 3 aromatic carbocycles. The number of nitrogens with two attached hydrogens (primary N) is 2. The van der Waals surface area contributed by atoms with E-state index in [2.05, 4.69) is 10.6 Å². The van der Waals surface area contributed by atoms with Gasteiger partial charge in [0.1, 0.15) is 11.6 Å². The minimum atomic E-state index is -0.463. The van der Waals surface area contributed by atoms with Crippen molar-refractivity contribution in [3.05, 3.63) is 82.9 Å². The number of hydrogen-bond donors (Lipinski definition) is 4. The number of nitrogens with zero attached hydrogens (tertiary/aromatic N) is 1. The van der Waals surface area contributed by atoms with Crippen LogP contribution >= 0.6 is 0 Å². The molecule has 1 aliphatic rings. The second kappa shape index (κ2) is 10.8. The molecule has 1 aliphatic heterocycles. The maximum absolute atomic E-state index is 14.3. The second-order valence-corrected chi connectivity index (χ2v) is 8.05. The number of amides is 2. The average molecular weight is 468 g/mol. The average Bonchev–Trinajstić information content (AvgIpc) is 3.17. The van der Waals surface area contributed by atoms with E-state index in [0.29, 0.717) is 52.3 Å². The van der Waals surface area contributed by atoms with Crippen molar-refractivity contribution in [1.82, 2.24) is 15.5 Å². The van der Waals surface area contributed by atoms with E-state index in [0.717, 1.165) is 0 Å². The third-order valence-corrected chi connectivity index (χ3v) is 5.21. The van der Waals surface area contributed by atoms with Gasteiger partial charge in [-0.05, 0) is 73.8 Å². The normalized spacial score (nSPS) is 12.0. The number of rotatable bonds is 5. The first kappa shape index (κ1) is 24.7. The zero-order chi connectivity index (χ0) is 24.8. The number of likely N-dealkylation sites (N-methyl/N-ethyl adjacent to an activating group) is 1. The Morgan fingerprint density at radius 2 is 1.65 bits per heavy atom. The van der Waals surface area contributed by atoms with E-state index in [9.17, 15) is 18.4 Å². The van der Waals surface area contributed by atoms with Crippen LogP contribution in [0.3, 0.4) is 0 Å². The molecule has 0 bridgehead atoms. The SMILES string of the molecule is CN(C)CCNC(=O)c1ccc(-c2ccc(N)cc2F)c2c1C(=O)NC2.Nc1ccc(F)cc1. The second-order valence-electron chi connectivity index (χ2n) is 8.05. The fraction of sp³-hybridized carbons (Fsp3) is 0.200. The summed E-state index contributed by atoms with van der Waals surface area (Å²) in [6, 6.07) is 13.4. The summed E-state index contributed by atoms with van der Waals surface area (Å²) in [7, 11) is 3.82. The Morgan fingerprint density at radius 1 is 1.00 bits per heavy atom. The third kappa shape index (κ3) is 5.87. The summed E-state index contributed by atoms with van der Waals surface area (Å²) in [6.07, 6.45) is 0. The molecule has 0 saturated carbocycles. The van der Waals surface area contributed by atoms with Crippen molar-refractivity contribution in [2.24, 2.45) is 0 Å². The van der Waals surface area contributed by atoms with Crippen LogP contribution in [-0.4, -0.2) is 43.9 Å². The molecule has 0 aromatic heterocycles. The van der Waals surface area contributed by atoms with Gasteiger partial charge in [-0.1, -0.05) is 6.07 Å². The summed E-state index contributed by atoms with van der Waals surface area (Å²) in [5, 5.41) is 5.53. The molecule has 4 rings (SSSR count). The number of nitrogens with one attached hydrogen (secondary N) is 2. The molecule has 34 heavy (non-hydrogen) atoms. The van der Waals surface area contributed by atoms with Gasteiger partial charge in [0.15, 0.2) is 0 Å². The van der Waals surface area contributed by atoms with Gasteiger partial charge < -0.3 is 27.0 Å². The van der Waals surface area contributed by atoms with Crippen molar-refractivity contribution in [3.8, 4) is 11.1 Å². The highest BCUT2D eigenvalue weighted by molar-refractivity contribution is 6.11. The smallest absolute Gasteiger partial charge is 0.252 e. The maximum Gasteiger partial charge on any atom is 0.252 e. The predicted octanol–water partition coefficient (Wildman–Crippen LogP) is 3.02. The van der Waals surface area contributed by atoms with Crippen LogP contribution in [-0.2, 0) is 6.54 Å². The Morgan fingerprint density at radius 3 is 2.26 bits per heavy atom. The first-order valence-electron chi connectivity index (χ1n) is 10.6. The largest absolute Gasteiger partial charge is 0.399 e. The van der Waals surface area contributed by atoms with E-state index in [1.54, 1.807) is 24.3 Å². The molecule has 0 atom stereocenters. The minimum Gasteiger partial charge on any atom is -0.399 e. The molecular weight excluding hydrogens is 440 g/mol. The van der Waals surface area contributed by atoms with Crippen LogP contribution in [0.4, 0.5) is 20.2 Å². The summed E-state index contributed by atoms with van der Waals surface area (Å²) in [6.45, 7) is 1.41. The van der Waals surface area contributed by atoms with Crippen LogP contribution in [0.1, 0.15) is 26.3 Å². The van der Waals surface area contributed by atoms with Gasteiger partial charge in [0, 0.05) is 36.6 Å². The van der Waals surface area contributed by atoms with E-state index < -0.39 is 5.82 Å². The molecule has 1 heterocycles. The van der Waals surface area contributed by atoms with E-state index in [4.69, 9.17) is 11.5 Å². The van der Waals surface area contributed by atoms with Gasteiger partial charge in [0.05, 0.1) is 11.1 Å². The number of nitrogen functional groups attached to an aromatic ring is 2. The molecular formula is C25H27F2N5O2. The van der Waals surface area contributed by atoms with E-state index in [1.165, 1.54) is 30.3 Å². The van der Waals surface area contributed by atoms with Crippen molar-refractivity contribution >= 4 is 23.2 Å². The Kier molecular flexibility index (Phi) is 7.80. The molecule has 6 N–H and O–H groups in total. The van der Waals surface area contributed by atoms with Crippen molar-refractivity contribution < 1.29 is 18.4 Å². The quantitative estimate of drug-likeness (QED) is 0.431. The molecule has 2 amide bonds. The molecule has 0 aliphatic carbocycles. The van der Waals surface area contributed by atoms with Gasteiger partial charge in [-0.25, -0.2) is 8.78 Å². The Bertz CT molecular complexity index is 1180. The van der Waals surface area contributed by atoms with E-state index >= 15 is 0 Å². The molecule has 3 aromatic rings. The van der Waals surface area contributed by atoms with Crippen molar-refractivity contribution in [2.75, 3.05) is 38.7 Å². The lowest BCUT2D eigenvalue weighted by Crippen LogP contribution is -2.32. The van der Waals surface area contributed by atoms with E-state index in [1.807, 2.05) is 19.0 Å². The topological polar surface area (TPSA) is 113 Å². The van der Waals surface area contributed by atoms with Gasteiger partial charge in [-0.15, -0.1) is 0 Å². The summed E-state index contributed by atoms with van der Waals surface area (Å²) in [4.78, 5) is 26.7. The number of carbonyl (C=O) groups excluding carboxylic acids is 2. The molecule has 9 heteroatoms. The number of fused-ring (bicyclic) bond motifs is 1. The molecule has 0 spiro atoms. The lowest BCUT2D eigenvalue weighted by Gasteiger charge is -2.14. The highest BCUT2D eigenvalue weighted by atomic mass is 19.1. The van der Waals surface area contributed by atoms with Crippen LogP contribution in [0, 0.1) is 11.6 Å². The van der Waals surface area contributed by atoms with Crippen LogP contribution < -0.4 is 22.1 Å². The number of benzene rings is 3. The van der Waals surface area contributed by atoms with Crippen molar-refractivity contribution in [3.63, 3.8) is 0 Å². The summed E-state index contributed by atoms with van der Waals surface area (Å²) in [5.41, 5.74) is 14.0. The van der Waals surface area contributed by atoms with Gasteiger partial charge in [-0.3, -0.25) is 9.59 Å². The maximum atomic E-state index is 14.3. The summed E-state index contributed by atoms with van der Waals surface area (Å²) < 4.78 is 26.4. The fourth-order valence-corrected chi connectivity index (χ4v) is 3.49. The number of hydrogen-bond acceptors (Lipinski definition) is 5. The van der Waals surface area contributed by atoms with Crippen LogP contribution in [0.25, 0.3) is 11.1 Å². The number of anilines is 2. The first-order valence-corrected chi connectivity index (χ1v) is 10.6. The van der Waals surface area contributed by atoms with Crippen LogP contribution in [0.5, 0.6) is 0 Å². The zero-order valence-corrected chi connectivity index (χ0v) is 19.0. The highest BCUT2D eigenvalue weighted by Crippen LogP contribution is 2.33. The molecule has 0 saturated heterocycles. The number of carbonyl (C=O) groups is 2. The fourth-order valence-electron chi connectivity index (χ4n) is 3.49. The molecule has 0 fully saturated rings. The van der Waals surface area contributed by atoms with E-state index in [-0.39, 0.29) is 24.2 Å². The third-order valence-electron chi connectivity index (χ3n) is 5.21. The molecule has 0 radical (unpaired) electrons. The molecule has 178 valence electrons. The Labute approximate surface area is 196 Å². The molecule has 7 nitrogen and oxygen atoms in total. The highest BCUT2D eigenvalue weighted by Gasteiger charge is 2.29. The van der Waals surface area contributed by atoms with Gasteiger partial charge in [0.2, 0.25) is 0 Å². The van der Waals surface area contributed by atoms with Crippen LogP contribution in [0.15, 0.2) is 54.6 Å². The summed E-state index contributed by atoms with van der Waals surface area (Å²) in [5.74, 6) is -1.35. The van der Waals surface area contributed by atoms with Crippen LogP contribution in [0.2, 0.25) is 0 Å². The lowest BCUT2D eigenvalue weighted by atomic mass is 9.92. The standard InChI is InChI=1S/C19H21FN4O2.C6H6FN/c1-24(2)8-7-22-18(25)14-6-5-12(15-10-23-19(26)17(14)15)13-4-3-11(21)9-16(13)20;7-5-1-3-6(8)4-2-5/h3-6,9H,7-8,10,21H2,1-2H3,(H,22,25)(H,23,26);1-4H,8H2. The molecule has 0 unspecified atom stereocenters. The van der Waals surface area contributed by atoms with Crippen molar-refractivity contribution in [2.45, 2.75) is 6.54 Å². The summed E-state index contributed by atoms with van der Waals surface area (Å²) >= 11 is 0.